The van der Waals surface area contributed by atoms with Crippen molar-refractivity contribution in [3.05, 3.63) is 66.3 Å². The Bertz CT molecular complexity index is 1450. The van der Waals surface area contributed by atoms with Crippen LogP contribution in [0, 0.1) is 12.7 Å². The van der Waals surface area contributed by atoms with Crippen molar-refractivity contribution >= 4 is 16.0 Å². The summed E-state index contributed by atoms with van der Waals surface area (Å²) in [5.41, 5.74) is 1.80. The highest BCUT2D eigenvalue weighted by atomic mass is 32.2. The van der Waals surface area contributed by atoms with Gasteiger partial charge in [-0.3, -0.25) is 14.3 Å². The number of pyridine rings is 1. The van der Waals surface area contributed by atoms with E-state index in [2.05, 4.69) is 29.9 Å². The number of methoxy groups -OCH3 is 2. The maximum Gasteiger partial charge on any atom is 0.243 e. The normalized spacial score (nSPS) is 12.2. The van der Waals surface area contributed by atoms with Crippen LogP contribution in [0.2, 0.25) is 0 Å². The predicted octanol–water partition coefficient (Wildman–Crippen LogP) is 2.96. The van der Waals surface area contributed by atoms with E-state index >= 15 is 0 Å². The fraction of sp³-hybridized carbons (Fsp3) is 0.261. The molecule has 11 nitrogen and oxygen atoms in total. The van der Waals surface area contributed by atoms with Crippen molar-refractivity contribution in [2.75, 3.05) is 18.9 Å². The summed E-state index contributed by atoms with van der Waals surface area (Å²) in [6, 6.07) is 8.71. The first-order chi connectivity index (χ1) is 17.2. The van der Waals surface area contributed by atoms with E-state index in [1.807, 2.05) is 6.92 Å². The Hall–Kier alpha value is -4.13. The molecule has 0 saturated carbocycles. The van der Waals surface area contributed by atoms with E-state index in [9.17, 15) is 12.8 Å². The molecular formula is C23H24FN7O4S. The van der Waals surface area contributed by atoms with Crippen LogP contribution in [-0.2, 0) is 16.4 Å². The van der Waals surface area contributed by atoms with Gasteiger partial charge in [0.25, 0.3) is 0 Å². The van der Waals surface area contributed by atoms with E-state index < -0.39 is 21.1 Å². The Balaban J connectivity index is 1.81. The molecule has 1 aromatic carbocycles. The summed E-state index contributed by atoms with van der Waals surface area (Å²) in [5, 5.41) is 7.45. The van der Waals surface area contributed by atoms with Crippen molar-refractivity contribution in [3.63, 3.8) is 0 Å². The molecular weight excluding hydrogens is 489 g/mol. The second kappa shape index (κ2) is 10.2. The van der Waals surface area contributed by atoms with Crippen LogP contribution in [0.3, 0.4) is 0 Å². The summed E-state index contributed by atoms with van der Waals surface area (Å²) in [6.45, 7) is 3.32. The summed E-state index contributed by atoms with van der Waals surface area (Å²) in [6.07, 6.45) is 3.56. The van der Waals surface area contributed by atoms with Crippen molar-refractivity contribution in [2.45, 2.75) is 25.5 Å². The summed E-state index contributed by atoms with van der Waals surface area (Å²) >= 11 is 0. The van der Waals surface area contributed by atoms with Crippen LogP contribution >= 0.6 is 0 Å². The Morgan fingerprint density at radius 1 is 1.06 bits per heavy atom. The van der Waals surface area contributed by atoms with Crippen LogP contribution in [0.1, 0.15) is 18.4 Å². The quantitative estimate of drug-likeness (QED) is 0.358. The zero-order valence-corrected chi connectivity index (χ0v) is 20.8. The molecule has 0 spiro atoms. The van der Waals surface area contributed by atoms with Gasteiger partial charge in [-0.05, 0) is 38.1 Å². The monoisotopic (exact) mass is 513 g/mol. The lowest BCUT2D eigenvalue weighted by atomic mass is 10.2. The van der Waals surface area contributed by atoms with E-state index in [0.717, 1.165) is 18.1 Å². The van der Waals surface area contributed by atoms with Crippen molar-refractivity contribution in [3.8, 4) is 28.6 Å². The van der Waals surface area contributed by atoms with Crippen molar-refractivity contribution in [1.82, 2.24) is 29.7 Å². The molecule has 1 N–H and O–H groups in total. The lowest BCUT2D eigenvalue weighted by Gasteiger charge is -2.19. The van der Waals surface area contributed by atoms with Gasteiger partial charge in [0.15, 0.2) is 11.6 Å². The molecule has 13 heteroatoms. The lowest BCUT2D eigenvalue weighted by molar-refractivity contribution is 0.391. The first-order valence-electron chi connectivity index (χ1n) is 10.8. The first kappa shape index (κ1) is 25.0. The van der Waals surface area contributed by atoms with Gasteiger partial charge in [0.1, 0.15) is 23.0 Å². The molecule has 188 valence electrons. The number of aromatic nitrogens is 6. The van der Waals surface area contributed by atoms with Gasteiger partial charge < -0.3 is 9.47 Å². The molecule has 4 aromatic rings. The minimum absolute atomic E-state index is 0.0435. The molecule has 1 unspecified atom stereocenters. The fourth-order valence-electron chi connectivity index (χ4n) is 3.52. The molecule has 4 rings (SSSR count). The van der Waals surface area contributed by atoms with Gasteiger partial charge in [-0.15, -0.1) is 10.2 Å². The Kier molecular flexibility index (Phi) is 7.10. The highest BCUT2D eigenvalue weighted by molar-refractivity contribution is 7.93. The molecule has 36 heavy (non-hydrogen) atoms. The molecule has 3 heterocycles. The third kappa shape index (κ3) is 5.10. The number of para-hydroxylation sites is 1. The smallest absolute Gasteiger partial charge is 0.243 e. The summed E-state index contributed by atoms with van der Waals surface area (Å²) in [7, 11) is -1.02. The molecule has 0 saturated heterocycles. The van der Waals surface area contributed by atoms with Crippen molar-refractivity contribution in [1.29, 1.82) is 0 Å². The minimum Gasteiger partial charge on any atom is -0.494 e. The van der Waals surface area contributed by atoms with E-state index in [4.69, 9.17) is 9.47 Å². The second-order valence-electron chi connectivity index (χ2n) is 7.86. The van der Waals surface area contributed by atoms with Crippen LogP contribution in [0.15, 0.2) is 48.9 Å². The third-order valence-electron chi connectivity index (χ3n) is 5.35. The Morgan fingerprint density at radius 3 is 2.33 bits per heavy atom. The number of sulfonamides is 1. The number of halogens is 1. The van der Waals surface area contributed by atoms with Crippen LogP contribution in [-0.4, -0.2) is 57.6 Å². The molecule has 3 aromatic heterocycles. The van der Waals surface area contributed by atoms with Crippen molar-refractivity contribution in [2.24, 2.45) is 0 Å². The molecule has 0 fully saturated rings. The number of hydrogen-bond donors (Lipinski definition) is 1. The SMILES string of the molecule is COc1cccc(OC)c1-n1c(NS(=O)(=O)C(C)Cc2ncc(F)cn2)nnc1-c1ccnc(C)c1. The maximum absolute atomic E-state index is 13.3. The zero-order valence-electron chi connectivity index (χ0n) is 20.0. The van der Waals surface area contributed by atoms with Crippen LogP contribution in [0.4, 0.5) is 10.3 Å². The fourth-order valence-corrected chi connectivity index (χ4v) is 4.48. The van der Waals surface area contributed by atoms with Gasteiger partial charge in [0.05, 0.1) is 31.9 Å². The van der Waals surface area contributed by atoms with Gasteiger partial charge >= 0.3 is 0 Å². The minimum atomic E-state index is -4.01. The number of benzene rings is 1. The van der Waals surface area contributed by atoms with Gasteiger partial charge in [0.2, 0.25) is 16.0 Å². The number of hydrogen-bond acceptors (Lipinski definition) is 9. The molecule has 1 atom stereocenters. The third-order valence-corrected chi connectivity index (χ3v) is 7.04. The first-order valence-corrected chi connectivity index (χ1v) is 12.4. The van der Waals surface area contributed by atoms with E-state index in [1.54, 1.807) is 36.5 Å². The van der Waals surface area contributed by atoms with Gasteiger partial charge in [-0.2, -0.15) is 0 Å². The largest absolute Gasteiger partial charge is 0.494 e. The number of anilines is 1. The second-order valence-corrected chi connectivity index (χ2v) is 9.96. The molecule has 0 radical (unpaired) electrons. The number of ether oxygens (including phenoxy) is 2. The number of aryl methyl sites for hydroxylation is 1. The van der Waals surface area contributed by atoms with E-state index in [1.165, 1.54) is 25.7 Å². The van der Waals surface area contributed by atoms with Crippen LogP contribution in [0.25, 0.3) is 17.1 Å². The molecule has 0 amide bonds. The maximum atomic E-state index is 13.3. The van der Waals surface area contributed by atoms with Crippen LogP contribution < -0.4 is 14.2 Å². The molecule has 0 aliphatic heterocycles. The van der Waals surface area contributed by atoms with Gasteiger partial charge in [-0.1, -0.05) is 6.07 Å². The lowest BCUT2D eigenvalue weighted by Crippen LogP contribution is -2.29. The van der Waals surface area contributed by atoms with Crippen molar-refractivity contribution < 1.29 is 22.3 Å². The highest BCUT2D eigenvalue weighted by Crippen LogP contribution is 2.37. The predicted molar refractivity (Wildman–Crippen MR) is 130 cm³/mol. The van der Waals surface area contributed by atoms with Crippen LogP contribution in [0.5, 0.6) is 11.5 Å². The molecule has 0 bridgehead atoms. The van der Waals surface area contributed by atoms with E-state index in [-0.39, 0.29) is 18.2 Å². The average molecular weight is 514 g/mol. The highest BCUT2D eigenvalue weighted by Gasteiger charge is 2.28. The summed E-state index contributed by atoms with van der Waals surface area (Å²) in [5.74, 6) is 0.675. The van der Waals surface area contributed by atoms with Gasteiger partial charge in [-0.25, -0.2) is 22.8 Å². The number of nitrogens with zero attached hydrogens (tertiary/aromatic N) is 6. The van der Waals surface area contributed by atoms with Gasteiger partial charge in [0, 0.05) is 23.9 Å². The molecule has 0 aliphatic carbocycles. The average Bonchev–Trinajstić information content (AvgIpc) is 3.27. The molecule has 0 aliphatic rings. The summed E-state index contributed by atoms with van der Waals surface area (Å²) in [4.78, 5) is 11.9. The Morgan fingerprint density at radius 2 is 1.72 bits per heavy atom. The zero-order chi connectivity index (χ0) is 25.9. The summed E-state index contributed by atoms with van der Waals surface area (Å²) < 4.78 is 54.8. The Labute approximate surface area is 207 Å². The standard InChI is InChI=1S/C23H24FN7O4S/c1-14-10-16(8-9-25-14)22-28-29-23(31(22)21-18(34-3)6-5-7-19(21)35-4)30-36(32,33)15(2)11-20-26-12-17(24)13-27-20/h5-10,12-13,15H,11H2,1-4H3,(H,29,30). The number of rotatable bonds is 9. The number of nitrogens with one attached hydrogen (secondary N) is 1. The van der Waals surface area contributed by atoms with E-state index in [0.29, 0.717) is 28.6 Å². The topological polar surface area (TPSA) is 134 Å².